The number of hydrogen-bond acceptors (Lipinski definition) is 5. The van der Waals surface area contributed by atoms with Crippen LogP contribution in [-0.2, 0) is 29.7 Å². The molecule has 0 amide bonds. The highest BCUT2D eigenvalue weighted by Gasteiger charge is 2.17. The lowest BCUT2D eigenvalue weighted by Gasteiger charge is -2.15. The van der Waals surface area contributed by atoms with Gasteiger partial charge in [-0.05, 0) is 60.8 Å². The van der Waals surface area contributed by atoms with E-state index in [4.69, 9.17) is 0 Å². The van der Waals surface area contributed by atoms with Gasteiger partial charge in [-0.25, -0.2) is 13.1 Å². The lowest BCUT2D eigenvalue weighted by atomic mass is 10.1. The van der Waals surface area contributed by atoms with Crippen molar-refractivity contribution in [3.05, 3.63) is 99.2 Å². The molecule has 0 atom stereocenters. The first-order chi connectivity index (χ1) is 16.5. The van der Waals surface area contributed by atoms with Gasteiger partial charge in [0, 0.05) is 13.1 Å². The number of aromatic nitrogens is 1. The Morgan fingerprint density at radius 2 is 1.56 bits per heavy atom. The maximum absolute atomic E-state index is 13.0. The summed E-state index contributed by atoms with van der Waals surface area (Å²) < 4.78 is 31.1. The molecule has 1 aliphatic rings. The molecule has 5 rings (SSSR count). The zero-order valence-electron chi connectivity index (χ0n) is 18.8. The molecule has 176 valence electrons. The lowest BCUT2D eigenvalue weighted by Crippen LogP contribution is -2.23. The van der Waals surface area contributed by atoms with Crippen LogP contribution in [0.5, 0.6) is 0 Å². The summed E-state index contributed by atoms with van der Waals surface area (Å²) in [5.41, 5.74) is 3.90. The molecule has 1 aromatic heterocycles. The van der Waals surface area contributed by atoms with E-state index in [1.54, 1.807) is 22.8 Å². The summed E-state index contributed by atoms with van der Waals surface area (Å²) in [6.45, 7) is 3.82. The third kappa shape index (κ3) is 5.15. The molecule has 4 aromatic rings. The standard InChI is InChI=1S/C26H27N3O3S2/c30-26-29(19-20-7-2-1-3-8-20)24-12-11-23(16-25(24)33-26)34(31,32)27-17-21-9-6-10-22(15-21)18-28-13-4-5-14-28/h1-3,6-12,15-16,27H,4-5,13-14,17-19H2. The molecule has 0 radical (unpaired) electrons. The molecule has 0 bridgehead atoms. The minimum absolute atomic E-state index is 0.101. The third-order valence-corrected chi connectivity index (χ3v) is 8.54. The van der Waals surface area contributed by atoms with Crippen LogP contribution >= 0.6 is 11.3 Å². The average molecular weight is 494 g/mol. The van der Waals surface area contributed by atoms with Crippen LogP contribution < -0.4 is 9.60 Å². The molecule has 3 aromatic carbocycles. The topological polar surface area (TPSA) is 71.4 Å². The number of rotatable bonds is 8. The van der Waals surface area contributed by atoms with Gasteiger partial charge in [-0.15, -0.1) is 0 Å². The van der Waals surface area contributed by atoms with Gasteiger partial charge in [0.1, 0.15) is 0 Å². The normalized spacial score (nSPS) is 14.7. The van der Waals surface area contributed by atoms with Crippen LogP contribution in [0.1, 0.15) is 29.5 Å². The maximum Gasteiger partial charge on any atom is 0.308 e. The highest BCUT2D eigenvalue weighted by molar-refractivity contribution is 7.89. The Morgan fingerprint density at radius 1 is 0.824 bits per heavy atom. The summed E-state index contributed by atoms with van der Waals surface area (Å²) in [5.74, 6) is 0. The summed E-state index contributed by atoms with van der Waals surface area (Å²) in [4.78, 5) is 15.1. The Hall–Kier alpha value is -2.78. The van der Waals surface area contributed by atoms with E-state index in [-0.39, 0.29) is 16.3 Å². The zero-order chi connectivity index (χ0) is 23.5. The molecule has 6 nitrogen and oxygen atoms in total. The Balaban J connectivity index is 1.31. The van der Waals surface area contributed by atoms with Crippen LogP contribution in [0.3, 0.4) is 0 Å². The van der Waals surface area contributed by atoms with Crippen LogP contribution in [0.4, 0.5) is 0 Å². The van der Waals surface area contributed by atoms with E-state index >= 15 is 0 Å². The molecule has 1 fully saturated rings. The average Bonchev–Trinajstić information content (AvgIpc) is 3.46. The molecule has 1 saturated heterocycles. The molecule has 0 unspecified atom stereocenters. The van der Waals surface area contributed by atoms with Gasteiger partial charge in [-0.2, -0.15) is 0 Å². The minimum atomic E-state index is -3.71. The van der Waals surface area contributed by atoms with Crippen molar-refractivity contribution in [2.75, 3.05) is 13.1 Å². The zero-order valence-corrected chi connectivity index (χ0v) is 20.4. The number of benzene rings is 3. The summed E-state index contributed by atoms with van der Waals surface area (Å²) in [7, 11) is -3.71. The van der Waals surface area contributed by atoms with Crippen molar-refractivity contribution in [3.8, 4) is 0 Å². The van der Waals surface area contributed by atoms with Gasteiger partial charge in [0.25, 0.3) is 0 Å². The van der Waals surface area contributed by atoms with Crippen LogP contribution in [0.25, 0.3) is 10.2 Å². The van der Waals surface area contributed by atoms with Gasteiger partial charge in [-0.1, -0.05) is 65.9 Å². The first-order valence-electron chi connectivity index (χ1n) is 11.5. The van der Waals surface area contributed by atoms with Crippen molar-refractivity contribution in [1.82, 2.24) is 14.2 Å². The molecule has 34 heavy (non-hydrogen) atoms. The van der Waals surface area contributed by atoms with Crippen molar-refractivity contribution in [2.24, 2.45) is 0 Å². The van der Waals surface area contributed by atoms with E-state index in [2.05, 4.69) is 21.8 Å². The van der Waals surface area contributed by atoms with Crippen molar-refractivity contribution in [3.63, 3.8) is 0 Å². The minimum Gasteiger partial charge on any atom is -0.299 e. The summed E-state index contributed by atoms with van der Waals surface area (Å²) in [5, 5.41) is 0. The fraction of sp³-hybridized carbons (Fsp3) is 0.269. The van der Waals surface area contributed by atoms with Gasteiger partial charge in [0.2, 0.25) is 10.0 Å². The van der Waals surface area contributed by atoms with Gasteiger partial charge in [0.05, 0.1) is 21.7 Å². The Kier molecular flexibility index (Phi) is 6.65. The molecular formula is C26H27N3O3S2. The number of thiazole rings is 1. The first kappa shape index (κ1) is 23.0. The molecular weight excluding hydrogens is 466 g/mol. The Labute approximate surface area is 203 Å². The highest BCUT2D eigenvalue weighted by atomic mass is 32.2. The first-order valence-corrected chi connectivity index (χ1v) is 13.8. The molecule has 1 N–H and O–H groups in total. The Bertz CT molecular complexity index is 1450. The van der Waals surface area contributed by atoms with Crippen molar-refractivity contribution in [2.45, 2.75) is 37.4 Å². The monoisotopic (exact) mass is 493 g/mol. The second-order valence-corrected chi connectivity index (χ2v) is 11.5. The smallest absolute Gasteiger partial charge is 0.299 e. The predicted octanol–water partition coefficient (Wildman–Crippen LogP) is 4.19. The van der Waals surface area contributed by atoms with Gasteiger partial charge in [-0.3, -0.25) is 14.3 Å². The second kappa shape index (κ2) is 9.84. The van der Waals surface area contributed by atoms with Gasteiger partial charge >= 0.3 is 4.87 Å². The highest BCUT2D eigenvalue weighted by Crippen LogP contribution is 2.23. The molecule has 8 heteroatoms. The lowest BCUT2D eigenvalue weighted by molar-refractivity contribution is 0.331. The molecule has 0 saturated carbocycles. The molecule has 2 heterocycles. The summed E-state index contributed by atoms with van der Waals surface area (Å²) in [6, 6.07) is 22.7. The number of hydrogen-bond donors (Lipinski definition) is 1. The number of fused-ring (bicyclic) bond motifs is 1. The number of nitrogens with zero attached hydrogens (tertiary/aromatic N) is 2. The van der Waals surface area contributed by atoms with Crippen molar-refractivity contribution < 1.29 is 8.42 Å². The second-order valence-electron chi connectivity index (χ2n) is 8.70. The van der Waals surface area contributed by atoms with Crippen molar-refractivity contribution >= 4 is 31.6 Å². The van der Waals surface area contributed by atoms with E-state index < -0.39 is 10.0 Å². The van der Waals surface area contributed by atoms with E-state index in [1.807, 2.05) is 42.5 Å². The van der Waals surface area contributed by atoms with Gasteiger partial charge in [0.15, 0.2) is 0 Å². The Morgan fingerprint density at radius 3 is 2.35 bits per heavy atom. The van der Waals surface area contributed by atoms with Crippen LogP contribution in [0.15, 0.2) is 82.5 Å². The SMILES string of the molecule is O=c1sc2cc(S(=O)(=O)NCc3cccc(CN4CCCC4)c3)ccc2n1Cc1ccccc1. The van der Waals surface area contributed by atoms with Crippen LogP contribution in [0, 0.1) is 0 Å². The van der Waals surface area contributed by atoms with Gasteiger partial charge < -0.3 is 0 Å². The largest absolute Gasteiger partial charge is 0.308 e. The molecule has 0 aliphatic carbocycles. The van der Waals surface area contributed by atoms with E-state index in [0.717, 1.165) is 47.6 Å². The van der Waals surface area contributed by atoms with E-state index in [1.165, 1.54) is 18.4 Å². The van der Waals surface area contributed by atoms with E-state index in [0.29, 0.717) is 11.2 Å². The summed E-state index contributed by atoms with van der Waals surface area (Å²) >= 11 is 1.07. The number of likely N-dealkylation sites (tertiary alicyclic amines) is 1. The third-order valence-electron chi connectivity index (χ3n) is 6.20. The fourth-order valence-electron chi connectivity index (χ4n) is 4.43. The predicted molar refractivity (Wildman–Crippen MR) is 137 cm³/mol. The molecule has 0 spiro atoms. The fourth-order valence-corrected chi connectivity index (χ4v) is 6.48. The molecule has 1 aliphatic heterocycles. The maximum atomic E-state index is 13.0. The number of sulfonamides is 1. The number of nitrogens with one attached hydrogen (secondary N) is 1. The summed E-state index contributed by atoms with van der Waals surface area (Å²) in [6.07, 6.45) is 2.49. The van der Waals surface area contributed by atoms with Crippen LogP contribution in [0.2, 0.25) is 0 Å². The van der Waals surface area contributed by atoms with E-state index in [9.17, 15) is 13.2 Å². The van der Waals surface area contributed by atoms with Crippen LogP contribution in [-0.4, -0.2) is 31.0 Å². The van der Waals surface area contributed by atoms with Crippen molar-refractivity contribution in [1.29, 1.82) is 0 Å². The quantitative estimate of drug-likeness (QED) is 0.400.